The molecule has 358 valence electrons. The van der Waals surface area contributed by atoms with Gasteiger partial charge in [0.15, 0.2) is 29.4 Å². The number of rotatable bonds is 15. The Labute approximate surface area is 503 Å². The Hall–Kier alpha value is -2.40. The predicted octanol–water partition coefficient (Wildman–Crippen LogP) is 5.42. The molecular formula is C52H64ClK2O10S3+. The first-order valence-electron chi connectivity index (χ1n) is 19.6. The average Bonchev–Trinajstić information content (AvgIpc) is 3.28. The summed E-state index contributed by atoms with van der Waals surface area (Å²) in [5.74, 6) is 1.87. The fourth-order valence-corrected chi connectivity index (χ4v) is 10.4. The summed E-state index contributed by atoms with van der Waals surface area (Å²) < 4.78 is 42.9. The van der Waals surface area contributed by atoms with E-state index in [9.17, 15) is 5.11 Å². The van der Waals surface area contributed by atoms with E-state index in [-0.39, 0.29) is 147 Å². The van der Waals surface area contributed by atoms with Gasteiger partial charge in [-0.3, -0.25) is 4.79 Å². The van der Waals surface area contributed by atoms with Gasteiger partial charge in [-0.2, -0.15) is 0 Å². The fraction of sp³-hybridized carbons (Fsp3) is 0.212. The molecular weight excluding hydrogens is 994 g/mol. The van der Waals surface area contributed by atoms with Crippen LogP contribution in [0.4, 0.5) is 0 Å². The molecule has 68 heavy (non-hydrogen) atoms. The van der Waals surface area contributed by atoms with Crippen molar-refractivity contribution in [1.82, 2.24) is 0 Å². The normalized spacial score (nSPS) is 9.56. The number of phenolic OH excluding ortho intramolecular Hbond substituents is 1. The van der Waals surface area contributed by atoms with Crippen molar-refractivity contribution < 1.29 is 151 Å². The summed E-state index contributed by atoms with van der Waals surface area (Å²) in [6, 6.07) is 51.2. The van der Waals surface area contributed by atoms with Crippen LogP contribution in [0.5, 0.6) is 11.5 Å². The Morgan fingerprint density at radius 2 is 0.882 bits per heavy atom. The van der Waals surface area contributed by atoms with Crippen molar-refractivity contribution in [2.24, 2.45) is 0 Å². The third kappa shape index (κ3) is 27.3. The molecule has 0 aliphatic rings. The molecule has 0 fully saturated rings. The molecule has 0 heterocycles. The number of benzene rings is 6. The zero-order chi connectivity index (χ0) is 47.3. The topological polar surface area (TPSA) is 154 Å². The maximum absolute atomic E-state index is 10.1. The summed E-state index contributed by atoms with van der Waals surface area (Å²) in [4.78, 5) is 19.0. The largest absolute Gasteiger partial charge is 1.00 e. The second-order valence-corrected chi connectivity index (χ2v) is 19.0. The van der Waals surface area contributed by atoms with Gasteiger partial charge < -0.3 is 35.4 Å². The smallest absolute Gasteiger partial charge is 1.00 e. The van der Waals surface area contributed by atoms with Crippen LogP contribution in [0.3, 0.4) is 0 Å². The predicted molar refractivity (Wildman–Crippen MR) is 269 cm³/mol. The van der Waals surface area contributed by atoms with Crippen LogP contribution in [0.2, 0.25) is 0 Å². The first kappa shape index (κ1) is 69.9. The number of aromatic hydroxyl groups is 1. The van der Waals surface area contributed by atoms with Gasteiger partial charge in [-0.05, 0) is 98.5 Å². The SMILES string of the molecule is C.C.C=COCCCl.C=COCCOc1c(C)cc([S+](c2ccccc2)c2ccccc2)cc1C.CS(=O)(=O)[O-].Cc1cc([S+](c2ccccc2)c2ccccc2)cc(C)c1O.O=CO[O-].[H-].[K+].[K+]. The Morgan fingerprint density at radius 3 is 1.13 bits per heavy atom. The monoisotopic (exact) mass is 1060 g/mol. The minimum atomic E-state index is -3.92. The van der Waals surface area contributed by atoms with Gasteiger partial charge in [0.25, 0.3) is 6.47 Å². The molecule has 0 radical (unpaired) electrons. The first-order chi connectivity index (χ1) is 30.7. The Bertz CT molecular complexity index is 2260. The van der Waals surface area contributed by atoms with Crippen LogP contribution < -0.4 is 113 Å². The van der Waals surface area contributed by atoms with Crippen LogP contribution in [-0.2, 0) is 51.1 Å². The molecule has 0 spiro atoms. The maximum atomic E-state index is 10.1. The number of carbonyl (C=O) groups excluding carboxylic acids is 1. The number of aryl methyl sites for hydroxylation is 4. The summed E-state index contributed by atoms with van der Waals surface area (Å²) in [5, 5.41) is 18.5. The van der Waals surface area contributed by atoms with E-state index in [1.807, 2.05) is 26.0 Å². The maximum Gasteiger partial charge on any atom is 1.00 e. The summed E-state index contributed by atoms with van der Waals surface area (Å²) in [7, 11) is -4.22. The van der Waals surface area contributed by atoms with Crippen molar-refractivity contribution in [2.75, 3.05) is 32.0 Å². The van der Waals surface area contributed by atoms with Gasteiger partial charge in [0.1, 0.15) is 31.3 Å². The minimum absolute atomic E-state index is 0. The molecule has 6 aromatic rings. The molecule has 10 nitrogen and oxygen atoms in total. The van der Waals surface area contributed by atoms with Crippen molar-refractivity contribution in [3.8, 4) is 11.5 Å². The summed E-state index contributed by atoms with van der Waals surface area (Å²) in [6.07, 6.45) is 3.42. The van der Waals surface area contributed by atoms with Crippen molar-refractivity contribution in [1.29, 1.82) is 0 Å². The van der Waals surface area contributed by atoms with Gasteiger partial charge in [-0.25, -0.2) is 8.42 Å². The quantitative estimate of drug-likeness (QED) is 0.0163. The zero-order valence-electron chi connectivity index (χ0n) is 39.6. The fourth-order valence-electron chi connectivity index (χ4n) is 5.74. The minimum Gasteiger partial charge on any atom is -1.00 e. The molecule has 1 N–H and O–H groups in total. The Balaban J connectivity index is -0.000000451. The second-order valence-electron chi connectivity index (χ2n) is 13.2. The summed E-state index contributed by atoms with van der Waals surface area (Å²) in [6.45, 7) is 16.4. The van der Waals surface area contributed by atoms with Gasteiger partial charge in [0.05, 0.1) is 50.3 Å². The van der Waals surface area contributed by atoms with E-state index in [1.165, 1.54) is 41.9 Å². The molecule has 0 aliphatic carbocycles. The Morgan fingerprint density at radius 1 is 0.603 bits per heavy atom. The Kier molecular flexibility index (Phi) is 41.3. The average molecular weight is 1060 g/mol. The number of ether oxygens (including phenoxy) is 3. The van der Waals surface area contributed by atoms with Crippen molar-refractivity contribution in [2.45, 2.75) is 71.9 Å². The number of hydrogen-bond donors (Lipinski definition) is 1. The summed E-state index contributed by atoms with van der Waals surface area (Å²) >= 11 is 5.21. The first-order valence-corrected chi connectivity index (χ1v) is 24.4. The van der Waals surface area contributed by atoms with Crippen molar-refractivity contribution in [3.05, 3.63) is 194 Å². The van der Waals surface area contributed by atoms with E-state index in [1.54, 1.807) is 0 Å². The van der Waals surface area contributed by atoms with E-state index in [2.05, 4.69) is 170 Å². The molecule has 6 rings (SSSR count). The van der Waals surface area contributed by atoms with E-state index in [0.29, 0.717) is 37.7 Å². The number of hydrogen-bond acceptors (Lipinski definition) is 10. The van der Waals surface area contributed by atoms with Crippen LogP contribution in [0, 0.1) is 27.7 Å². The molecule has 16 heteroatoms. The molecule has 0 bridgehead atoms. The van der Waals surface area contributed by atoms with Gasteiger partial charge in [0, 0.05) is 30.5 Å². The zero-order valence-corrected chi connectivity index (χ0v) is 48.0. The van der Waals surface area contributed by atoms with Crippen LogP contribution >= 0.6 is 11.6 Å². The van der Waals surface area contributed by atoms with E-state index in [4.69, 9.17) is 44.1 Å². The van der Waals surface area contributed by atoms with Gasteiger partial charge >= 0.3 is 103 Å². The van der Waals surface area contributed by atoms with Crippen molar-refractivity contribution >= 4 is 50.0 Å². The number of alkyl halides is 1. The van der Waals surface area contributed by atoms with Gasteiger partial charge in [-0.1, -0.05) is 101 Å². The van der Waals surface area contributed by atoms with Crippen LogP contribution in [0.15, 0.2) is 201 Å². The molecule has 0 aromatic heterocycles. The second kappa shape index (κ2) is 40.2. The van der Waals surface area contributed by atoms with Gasteiger partial charge in [-0.15, -0.1) is 11.6 Å². The van der Waals surface area contributed by atoms with Crippen LogP contribution in [0.25, 0.3) is 0 Å². The van der Waals surface area contributed by atoms with Crippen molar-refractivity contribution in [3.63, 3.8) is 0 Å². The standard InChI is InChI=1S/C24H25O2S.C20H18OS.C4H7ClO.CH4O3S.CH2O3.2CH4.2K.H/c1-4-25-15-16-26-24-19(2)17-23(18-20(24)3)27(21-11-7-5-8-12-21)22-13-9-6-10-14-22;1-15-13-19(14-16(2)20(15)21)22(17-9-5-3-6-10-17)18-11-7-4-8-12-18;1-2-6-4-3-5;1-5(2,3)4;2-1-4-3;;;;;/h4-14,17-18H,1,15-16H2,2-3H3;3-14H,1-2H3;2H,1,3-4H2;1H3,(H,2,3,4);1,3H;2*1H4;;;/q+1;;;;;;;2*+1;-1/p-1. The van der Waals surface area contributed by atoms with Gasteiger partial charge in [0.2, 0.25) is 0 Å². The molecule has 0 atom stereocenters. The van der Waals surface area contributed by atoms with E-state index in [0.717, 1.165) is 28.0 Å². The third-order valence-electron chi connectivity index (χ3n) is 8.20. The molecule has 0 saturated heterocycles. The van der Waals surface area contributed by atoms with E-state index < -0.39 is 10.1 Å². The van der Waals surface area contributed by atoms with Crippen LogP contribution in [0.1, 0.15) is 38.5 Å². The molecule has 0 aliphatic heterocycles. The third-order valence-corrected chi connectivity index (χ3v) is 12.7. The molecule has 0 amide bonds. The number of carbonyl (C=O) groups is 1. The number of phenols is 1. The molecule has 6 aromatic carbocycles. The molecule has 0 saturated carbocycles. The number of halogens is 1. The van der Waals surface area contributed by atoms with E-state index >= 15 is 0 Å². The van der Waals surface area contributed by atoms with Crippen LogP contribution in [-0.4, -0.2) is 56.5 Å². The summed E-state index contributed by atoms with van der Waals surface area (Å²) in [5.41, 5.74) is 4.15. The molecule has 0 unspecified atom stereocenters.